The molecule has 0 aromatic rings. The Bertz CT molecular complexity index is 137. The largest absolute Gasteiger partial charge is 0.822 e. The lowest BCUT2D eigenvalue weighted by Gasteiger charge is -2.36. The molecule has 0 atom stereocenters. The summed E-state index contributed by atoms with van der Waals surface area (Å²) in [6.07, 6.45) is 0. The fourth-order valence-electron chi connectivity index (χ4n) is 0. The molecule has 6 N–H and O–H groups in total. The molecule has 0 aliphatic rings. The van der Waals surface area contributed by atoms with Crippen LogP contribution in [-0.2, 0) is 4.57 Å². The molecule has 0 fully saturated rings. The van der Waals surface area contributed by atoms with Gasteiger partial charge in [0.25, 0.3) is 0 Å². The number of rotatable bonds is 0. The average molecular weight is 169 g/mol. The van der Waals surface area contributed by atoms with Gasteiger partial charge in [-0.2, -0.15) is 7.82 Å². The first-order chi connectivity index (χ1) is 4.27. The van der Waals surface area contributed by atoms with Gasteiger partial charge in [0, 0.05) is 0 Å². The van der Waals surface area contributed by atoms with Crippen LogP contribution in [0.15, 0.2) is 5.10 Å². The maximum absolute atomic E-state index is 8.55. The molecular formula is CH6N4O4P-3. The molecule has 0 saturated carbocycles. The first-order valence-electron chi connectivity index (χ1n) is 1.79. The minimum Gasteiger partial charge on any atom is -0.822 e. The van der Waals surface area contributed by atoms with Crippen LogP contribution >= 0.6 is 7.82 Å². The molecule has 9 heteroatoms. The molecule has 0 aliphatic carbocycles. The Morgan fingerprint density at radius 3 is 1.40 bits per heavy atom. The Morgan fingerprint density at radius 1 is 1.30 bits per heavy atom. The summed E-state index contributed by atoms with van der Waals surface area (Å²) < 4.78 is 8.55. The molecule has 10 heavy (non-hydrogen) atoms. The van der Waals surface area contributed by atoms with Gasteiger partial charge in [0.1, 0.15) is 0 Å². The van der Waals surface area contributed by atoms with Crippen LogP contribution in [0.5, 0.6) is 0 Å². The van der Waals surface area contributed by atoms with E-state index in [-0.39, 0.29) is 5.96 Å². The van der Waals surface area contributed by atoms with Crippen molar-refractivity contribution in [1.82, 2.24) is 0 Å². The number of guanidine groups is 1. The van der Waals surface area contributed by atoms with Crippen molar-refractivity contribution in [3.63, 3.8) is 0 Å². The standard InChI is InChI=1S/CH6N4.H3O4P/c2-1(3)5-4;1-5(2,3)4/h4H2,(H4,2,3,5);(H3,1,2,3,4)/p-3. The molecule has 0 saturated heterocycles. The van der Waals surface area contributed by atoms with E-state index in [1.54, 1.807) is 0 Å². The molecule has 0 bridgehead atoms. The Balaban J connectivity index is 0. The lowest BCUT2D eigenvalue weighted by Crippen LogP contribution is -2.24. The molecule has 0 aromatic carbocycles. The van der Waals surface area contributed by atoms with Gasteiger partial charge >= 0.3 is 0 Å². The highest BCUT2D eigenvalue weighted by Crippen LogP contribution is 2.03. The quantitative estimate of drug-likeness (QED) is 0.107. The molecule has 0 radical (unpaired) electrons. The third kappa shape index (κ3) is 197. The average Bonchev–Trinajstić information content (AvgIpc) is 1.61. The molecule has 0 unspecified atom stereocenters. The van der Waals surface area contributed by atoms with Crippen molar-refractivity contribution < 1.29 is 19.2 Å². The van der Waals surface area contributed by atoms with Crippen LogP contribution in [0.4, 0.5) is 0 Å². The second-order valence-corrected chi connectivity index (χ2v) is 1.90. The molecule has 8 nitrogen and oxygen atoms in total. The van der Waals surface area contributed by atoms with Gasteiger partial charge in [-0.25, -0.2) is 0 Å². The van der Waals surface area contributed by atoms with Crippen LogP contribution < -0.4 is 32.0 Å². The highest BCUT2D eigenvalue weighted by Gasteiger charge is 1.62. The zero-order valence-corrected chi connectivity index (χ0v) is 5.65. The summed E-state index contributed by atoms with van der Waals surface area (Å²) >= 11 is 0. The number of hydrogen-bond donors (Lipinski definition) is 3. The molecule has 0 heterocycles. The lowest BCUT2D eigenvalue weighted by molar-refractivity contribution is -0.432. The van der Waals surface area contributed by atoms with E-state index in [1.165, 1.54) is 0 Å². The number of nitrogens with two attached hydrogens (primary N) is 3. The Morgan fingerprint density at radius 2 is 1.40 bits per heavy atom. The van der Waals surface area contributed by atoms with Crippen LogP contribution in [0, 0.1) is 0 Å². The van der Waals surface area contributed by atoms with Crippen molar-refractivity contribution >= 4 is 13.8 Å². The van der Waals surface area contributed by atoms with E-state index in [0.29, 0.717) is 0 Å². The summed E-state index contributed by atoms with van der Waals surface area (Å²) in [6, 6.07) is 0. The van der Waals surface area contributed by atoms with Crippen LogP contribution in [0.3, 0.4) is 0 Å². The molecule has 0 rings (SSSR count). The fourth-order valence-corrected chi connectivity index (χ4v) is 0. The van der Waals surface area contributed by atoms with Crippen LogP contribution in [-0.4, -0.2) is 5.96 Å². The highest BCUT2D eigenvalue weighted by molar-refractivity contribution is 7.40. The van der Waals surface area contributed by atoms with Crippen molar-refractivity contribution in [2.45, 2.75) is 0 Å². The maximum Gasteiger partial charge on any atom is 0.208 e. The predicted octanol–water partition coefficient (Wildman–Crippen LogP) is -4.69. The van der Waals surface area contributed by atoms with Crippen LogP contribution in [0.25, 0.3) is 0 Å². The Labute approximate surface area is 56.6 Å². The van der Waals surface area contributed by atoms with E-state index < -0.39 is 7.82 Å². The van der Waals surface area contributed by atoms with Crippen LogP contribution in [0.2, 0.25) is 0 Å². The third-order valence-corrected chi connectivity index (χ3v) is 0.149. The van der Waals surface area contributed by atoms with Crippen molar-refractivity contribution in [2.75, 3.05) is 0 Å². The van der Waals surface area contributed by atoms with Gasteiger partial charge in [-0.3, -0.25) is 0 Å². The Hall–Kier alpha value is -0.820. The van der Waals surface area contributed by atoms with Gasteiger partial charge in [0.15, 0.2) is 0 Å². The SMILES string of the molecule is NN=C(N)N.O=P([O-])([O-])[O-]. The lowest BCUT2D eigenvalue weighted by atomic mass is 11.1. The van der Waals surface area contributed by atoms with Crippen molar-refractivity contribution in [2.24, 2.45) is 22.4 Å². The first kappa shape index (κ1) is 11.9. The highest BCUT2D eigenvalue weighted by atomic mass is 31.2. The Kier molecular flexibility index (Phi) is 5.96. The molecule has 0 aromatic heterocycles. The molecular weight excluding hydrogens is 163 g/mol. The predicted molar refractivity (Wildman–Crippen MR) is 27.6 cm³/mol. The van der Waals surface area contributed by atoms with Gasteiger partial charge in [0.2, 0.25) is 5.96 Å². The van der Waals surface area contributed by atoms with E-state index in [0.717, 1.165) is 0 Å². The number of phosphoric acid groups is 1. The molecule has 0 aliphatic heterocycles. The number of hydrazone groups is 1. The van der Waals surface area contributed by atoms with E-state index in [2.05, 4.69) is 10.9 Å². The monoisotopic (exact) mass is 169 g/mol. The van der Waals surface area contributed by atoms with Crippen molar-refractivity contribution in [1.29, 1.82) is 0 Å². The van der Waals surface area contributed by atoms with Crippen molar-refractivity contribution in [3.05, 3.63) is 0 Å². The first-order valence-corrected chi connectivity index (χ1v) is 3.25. The second-order valence-electron chi connectivity index (χ2n) is 1.00. The number of nitrogens with zero attached hydrogens (tertiary/aromatic N) is 1. The van der Waals surface area contributed by atoms with Gasteiger partial charge < -0.3 is 36.6 Å². The molecule has 62 valence electrons. The third-order valence-electron chi connectivity index (χ3n) is 0.149. The van der Waals surface area contributed by atoms with Gasteiger partial charge in [-0.05, 0) is 0 Å². The smallest absolute Gasteiger partial charge is 0.208 e. The summed E-state index contributed by atoms with van der Waals surface area (Å²) in [6.45, 7) is 0. The normalized spacial score (nSPS) is 9.10. The molecule has 0 spiro atoms. The summed E-state index contributed by atoms with van der Waals surface area (Å²) in [7, 11) is -5.39. The maximum atomic E-state index is 8.55. The van der Waals surface area contributed by atoms with E-state index in [9.17, 15) is 0 Å². The minimum absolute atomic E-state index is 0.0926. The summed E-state index contributed by atoms with van der Waals surface area (Å²) in [5.74, 6) is 4.42. The fraction of sp³-hybridized carbons (Fsp3) is 0. The topological polar surface area (TPSA) is 177 Å². The minimum atomic E-state index is -5.39. The molecule has 0 amide bonds. The number of hydrogen-bond acceptors (Lipinski definition) is 6. The summed E-state index contributed by atoms with van der Waals surface area (Å²) in [5, 5.41) is 2.86. The zero-order valence-electron chi connectivity index (χ0n) is 4.76. The zero-order chi connectivity index (χ0) is 8.78. The van der Waals surface area contributed by atoms with Gasteiger partial charge in [-0.15, -0.1) is 5.10 Å². The van der Waals surface area contributed by atoms with E-state index in [1.807, 2.05) is 0 Å². The second kappa shape index (κ2) is 5.00. The van der Waals surface area contributed by atoms with Gasteiger partial charge in [0.05, 0.1) is 0 Å². The van der Waals surface area contributed by atoms with Gasteiger partial charge in [-0.1, -0.05) is 0 Å². The van der Waals surface area contributed by atoms with Crippen LogP contribution in [0.1, 0.15) is 0 Å². The summed E-state index contributed by atoms with van der Waals surface area (Å²) in [4.78, 5) is 25.6. The summed E-state index contributed by atoms with van der Waals surface area (Å²) in [5.41, 5.74) is 9.39. The van der Waals surface area contributed by atoms with E-state index in [4.69, 9.17) is 30.7 Å². The van der Waals surface area contributed by atoms with E-state index >= 15 is 0 Å². The van der Waals surface area contributed by atoms with Crippen molar-refractivity contribution in [3.8, 4) is 0 Å².